The highest BCUT2D eigenvalue weighted by molar-refractivity contribution is 5.94. The molecule has 21 heavy (non-hydrogen) atoms. The maximum atomic E-state index is 12.0. The Labute approximate surface area is 124 Å². The number of nitrogens with two attached hydrogens (primary N) is 1. The number of benzene rings is 1. The minimum Gasteiger partial charge on any atom is -0.492 e. The third-order valence-corrected chi connectivity index (χ3v) is 2.92. The van der Waals surface area contributed by atoms with Gasteiger partial charge >= 0.3 is 0 Å². The van der Waals surface area contributed by atoms with Gasteiger partial charge < -0.3 is 15.8 Å². The molecule has 1 amide bonds. The number of hydrogen-bond donors (Lipinski definition) is 2. The first-order chi connectivity index (χ1) is 10.2. The van der Waals surface area contributed by atoms with Crippen LogP contribution in [0.25, 0.3) is 0 Å². The molecule has 0 spiro atoms. The van der Waals surface area contributed by atoms with Crippen LogP contribution in [0.5, 0.6) is 5.75 Å². The molecule has 1 aromatic heterocycles. The largest absolute Gasteiger partial charge is 0.492 e. The van der Waals surface area contributed by atoms with Gasteiger partial charge in [0.15, 0.2) is 0 Å². The van der Waals surface area contributed by atoms with Crippen LogP contribution in [-0.2, 0) is 6.42 Å². The Morgan fingerprint density at radius 1 is 1.29 bits per heavy atom. The van der Waals surface area contributed by atoms with Crippen molar-refractivity contribution in [3.63, 3.8) is 0 Å². The number of nitrogen functional groups attached to an aromatic ring is 1. The number of ether oxygens (including phenoxy) is 1. The van der Waals surface area contributed by atoms with Crippen molar-refractivity contribution in [1.82, 2.24) is 10.3 Å². The molecule has 1 heterocycles. The molecule has 0 saturated carbocycles. The molecule has 3 N–H and O–H groups in total. The number of rotatable bonds is 6. The zero-order valence-electron chi connectivity index (χ0n) is 12.0. The van der Waals surface area contributed by atoms with E-state index in [1.165, 1.54) is 0 Å². The lowest BCUT2D eigenvalue weighted by molar-refractivity contribution is 0.0947. The molecule has 1 aromatic carbocycles. The second-order valence-electron chi connectivity index (χ2n) is 4.54. The van der Waals surface area contributed by atoms with Crippen molar-refractivity contribution in [1.29, 1.82) is 0 Å². The highest BCUT2D eigenvalue weighted by Gasteiger charge is 2.08. The van der Waals surface area contributed by atoms with E-state index in [2.05, 4.69) is 10.3 Å². The van der Waals surface area contributed by atoms with Gasteiger partial charge in [-0.15, -0.1) is 0 Å². The van der Waals surface area contributed by atoms with Crippen molar-refractivity contribution < 1.29 is 9.53 Å². The third kappa shape index (κ3) is 4.49. The van der Waals surface area contributed by atoms with Crippen LogP contribution in [0.3, 0.4) is 0 Å². The van der Waals surface area contributed by atoms with E-state index in [9.17, 15) is 4.79 Å². The molecule has 0 unspecified atom stereocenters. The number of amides is 1. The smallest absolute Gasteiger partial charge is 0.251 e. The van der Waals surface area contributed by atoms with Crippen LogP contribution in [0.1, 0.15) is 23.0 Å². The van der Waals surface area contributed by atoms with Gasteiger partial charge in [-0.25, -0.2) is 4.98 Å². The van der Waals surface area contributed by atoms with E-state index >= 15 is 0 Å². The van der Waals surface area contributed by atoms with Crippen LogP contribution in [0, 0.1) is 0 Å². The van der Waals surface area contributed by atoms with Crippen molar-refractivity contribution in [3.8, 4) is 5.75 Å². The fourth-order valence-electron chi connectivity index (χ4n) is 1.88. The van der Waals surface area contributed by atoms with Gasteiger partial charge in [0.05, 0.1) is 6.54 Å². The summed E-state index contributed by atoms with van der Waals surface area (Å²) >= 11 is 0. The first kappa shape index (κ1) is 14.8. The Kier molecular flexibility index (Phi) is 5.15. The highest BCUT2D eigenvalue weighted by Crippen LogP contribution is 2.09. The first-order valence-corrected chi connectivity index (χ1v) is 6.91. The Balaban J connectivity index is 1.83. The van der Waals surface area contributed by atoms with Gasteiger partial charge in [-0.3, -0.25) is 4.79 Å². The minimum absolute atomic E-state index is 0.171. The number of aryl methyl sites for hydroxylation is 1. The molecule has 0 aliphatic rings. The first-order valence-electron chi connectivity index (χ1n) is 6.91. The topological polar surface area (TPSA) is 77.2 Å². The SMILES string of the molecule is CCc1cc(C(=O)NCCOc2ccccc2)cc(N)n1. The molecule has 2 aromatic rings. The molecule has 0 aliphatic carbocycles. The Morgan fingerprint density at radius 2 is 2.05 bits per heavy atom. The fourth-order valence-corrected chi connectivity index (χ4v) is 1.88. The van der Waals surface area contributed by atoms with Gasteiger partial charge in [-0.05, 0) is 30.7 Å². The van der Waals surface area contributed by atoms with Gasteiger partial charge in [0, 0.05) is 11.3 Å². The van der Waals surface area contributed by atoms with Crippen molar-refractivity contribution in [3.05, 3.63) is 53.7 Å². The summed E-state index contributed by atoms with van der Waals surface area (Å²) in [6, 6.07) is 12.8. The number of aromatic nitrogens is 1. The van der Waals surface area contributed by atoms with Gasteiger partial charge in [0.2, 0.25) is 0 Å². The lowest BCUT2D eigenvalue weighted by Crippen LogP contribution is -2.28. The number of para-hydroxylation sites is 1. The zero-order valence-corrected chi connectivity index (χ0v) is 12.0. The van der Waals surface area contributed by atoms with E-state index in [0.717, 1.165) is 17.9 Å². The third-order valence-electron chi connectivity index (χ3n) is 2.92. The molecular weight excluding hydrogens is 266 g/mol. The second kappa shape index (κ2) is 7.28. The molecule has 2 rings (SSSR count). The lowest BCUT2D eigenvalue weighted by atomic mass is 10.2. The molecule has 0 saturated heterocycles. The maximum Gasteiger partial charge on any atom is 0.251 e. The summed E-state index contributed by atoms with van der Waals surface area (Å²) in [5.74, 6) is 0.976. The molecule has 0 atom stereocenters. The van der Waals surface area contributed by atoms with E-state index in [1.807, 2.05) is 37.3 Å². The summed E-state index contributed by atoms with van der Waals surface area (Å²) in [7, 11) is 0. The quantitative estimate of drug-likeness (QED) is 0.796. The van der Waals surface area contributed by atoms with Crippen LogP contribution >= 0.6 is 0 Å². The second-order valence-corrected chi connectivity index (χ2v) is 4.54. The van der Waals surface area contributed by atoms with Gasteiger partial charge in [-0.2, -0.15) is 0 Å². The van der Waals surface area contributed by atoms with E-state index in [-0.39, 0.29) is 5.91 Å². The summed E-state index contributed by atoms with van der Waals surface area (Å²) in [4.78, 5) is 16.2. The van der Waals surface area contributed by atoms with Crippen LogP contribution in [0.2, 0.25) is 0 Å². The summed E-state index contributed by atoms with van der Waals surface area (Å²) in [6.07, 6.45) is 0.739. The van der Waals surface area contributed by atoms with Crippen molar-refractivity contribution in [2.24, 2.45) is 0 Å². The van der Waals surface area contributed by atoms with E-state index in [0.29, 0.717) is 24.5 Å². The summed E-state index contributed by atoms with van der Waals surface area (Å²) < 4.78 is 5.51. The number of nitrogens with one attached hydrogen (secondary N) is 1. The van der Waals surface area contributed by atoms with Gasteiger partial charge in [-0.1, -0.05) is 25.1 Å². The number of hydrogen-bond acceptors (Lipinski definition) is 4. The normalized spacial score (nSPS) is 10.1. The van der Waals surface area contributed by atoms with Crippen molar-refractivity contribution >= 4 is 11.7 Å². The monoisotopic (exact) mass is 285 g/mol. The average molecular weight is 285 g/mol. The molecular formula is C16H19N3O2. The molecule has 0 fully saturated rings. The molecule has 0 bridgehead atoms. The standard InChI is InChI=1S/C16H19N3O2/c1-2-13-10-12(11-15(17)19-13)16(20)18-8-9-21-14-6-4-3-5-7-14/h3-7,10-11H,2,8-9H2,1H3,(H2,17,19)(H,18,20). The van der Waals surface area contributed by atoms with Gasteiger partial charge in [0.25, 0.3) is 5.91 Å². The molecule has 110 valence electrons. The van der Waals surface area contributed by atoms with Crippen molar-refractivity contribution in [2.75, 3.05) is 18.9 Å². The predicted octanol–water partition coefficient (Wildman–Crippen LogP) is 2.03. The van der Waals surface area contributed by atoms with E-state index in [4.69, 9.17) is 10.5 Å². The Bertz CT molecular complexity index is 600. The number of anilines is 1. The number of carbonyl (C=O) groups excluding carboxylic acids is 1. The zero-order chi connectivity index (χ0) is 15.1. The highest BCUT2D eigenvalue weighted by atomic mass is 16.5. The molecule has 0 aliphatic heterocycles. The van der Waals surface area contributed by atoms with Gasteiger partial charge in [0.1, 0.15) is 18.2 Å². The lowest BCUT2D eigenvalue weighted by Gasteiger charge is -2.08. The van der Waals surface area contributed by atoms with E-state index in [1.54, 1.807) is 12.1 Å². The number of nitrogens with zero attached hydrogens (tertiary/aromatic N) is 1. The molecule has 5 nitrogen and oxygen atoms in total. The predicted molar refractivity (Wildman–Crippen MR) is 82.3 cm³/mol. The van der Waals surface area contributed by atoms with Crippen LogP contribution in [0.15, 0.2) is 42.5 Å². The summed E-state index contributed by atoms with van der Waals surface area (Å²) in [5.41, 5.74) is 7.02. The molecule has 5 heteroatoms. The Hall–Kier alpha value is -2.56. The van der Waals surface area contributed by atoms with Crippen molar-refractivity contribution in [2.45, 2.75) is 13.3 Å². The minimum atomic E-state index is -0.171. The summed E-state index contributed by atoms with van der Waals surface area (Å²) in [6.45, 7) is 2.81. The van der Waals surface area contributed by atoms with Crippen LogP contribution < -0.4 is 15.8 Å². The van der Waals surface area contributed by atoms with Crippen LogP contribution in [0.4, 0.5) is 5.82 Å². The van der Waals surface area contributed by atoms with Crippen LogP contribution in [-0.4, -0.2) is 24.0 Å². The number of pyridine rings is 1. The fraction of sp³-hybridized carbons (Fsp3) is 0.250. The molecule has 0 radical (unpaired) electrons. The summed E-state index contributed by atoms with van der Waals surface area (Å²) in [5, 5.41) is 2.80. The average Bonchev–Trinajstić information content (AvgIpc) is 2.51. The maximum absolute atomic E-state index is 12.0. The van der Waals surface area contributed by atoms with E-state index < -0.39 is 0 Å². The number of carbonyl (C=O) groups is 1. The Morgan fingerprint density at radius 3 is 2.76 bits per heavy atom.